The summed E-state index contributed by atoms with van der Waals surface area (Å²) in [5.41, 5.74) is 0. The van der Waals surface area contributed by atoms with E-state index < -0.39 is 26.0 Å². The maximum absolute atomic E-state index is 7.48. The van der Waals surface area contributed by atoms with Crippen LogP contribution in [-0.4, -0.2) is 57.0 Å². The van der Waals surface area contributed by atoms with E-state index >= 15 is 0 Å². The lowest BCUT2D eigenvalue weighted by atomic mass is 10.0. The third-order valence-corrected chi connectivity index (χ3v) is 13.4. The van der Waals surface area contributed by atoms with E-state index in [1.54, 1.807) is 0 Å². The molecule has 0 fully saturated rings. The Morgan fingerprint density at radius 2 is 0.552 bits per heavy atom. The van der Waals surface area contributed by atoms with Crippen LogP contribution in [0.5, 0.6) is 17.2 Å². The fraction of sp³-hybridized carbons (Fsp3) is 0.684. The fourth-order valence-corrected chi connectivity index (χ4v) is 9.60. The minimum atomic E-state index is -2.38. The van der Waals surface area contributed by atoms with E-state index in [9.17, 15) is 0 Å². The number of para-hydroxylation sites is 3. The van der Waals surface area contributed by atoms with Crippen molar-refractivity contribution in [2.45, 2.75) is 213 Å². The lowest BCUT2D eigenvalue weighted by molar-refractivity contribution is -0.226. The van der Waals surface area contributed by atoms with Crippen LogP contribution in [0, 0.1) is 0 Å². The molecule has 10 heteroatoms. The number of benzene rings is 3. The lowest BCUT2D eigenvalue weighted by Crippen LogP contribution is -2.49. The van der Waals surface area contributed by atoms with Crippen LogP contribution in [-0.2, 0) is 27.8 Å². The van der Waals surface area contributed by atoms with Gasteiger partial charge in [-0.25, -0.2) is 0 Å². The van der Waals surface area contributed by atoms with Crippen LogP contribution in [0.2, 0.25) is 0 Å². The highest BCUT2D eigenvalue weighted by Gasteiger charge is 2.49. The smallest absolute Gasteiger partial charge is 0.343 e. The number of rotatable bonds is 45. The predicted octanol–water partition coefficient (Wildman–Crippen LogP) is 17.1. The van der Waals surface area contributed by atoms with Crippen molar-refractivity contribution < 1.29 is 42.0 Å². The molecule has 0 bridgehead atoms. The minimum Gasteiger partial charge on any atom is -0.459 e. The van der Waals surface area contributed by atoms with Crippen molar-refractivity contribution in [3.8, 4) is 17.2 Å². The molecule has 3 rings (SSSR count). The van der Waals surface area contributed by atoms with E-state index in [1.807, 2.05) is 112 Å². The molecule has 0 N–H and O–H groups in total. The molecule has 0 aromatic heterocycles. The average Bonchev–Trinajstić information content (AvgIpc) is 3.34. The molecule has 9 nitrogen and oxygen atoms in total. The van der Waals surface area contributed by atoms with Gasteiger partial charge in [0.15, 0.2) is 0 Å². The molecule has 0 aliphatic rings. The molecule has 0 aliphatic carbocycles. The molecule has 3 atom stereocenters. The third-order valence-electron chi connectivity index (χ3n) is 11.9. The summed E-state index contributed by atoms with van der Waals surface area (Å²) in [7, 11) is -2.38. The molecule has 0 amide bonds. The highest BCUT2D eigenvalue weighted by molar-refractivity contribution is 7.41. The van der Waals surface area contributed by atoms with Crippen LogP contribution in [0.25, 0.3) is 0 Å². The van der Waals surface area contributed by atoms with E-state index in [-0.39, 0.29) is 19.8 Å². The SMILES string of the molecule is CCCCCCCCCC(COCC)(Oc1ccccc1)OP(OC(CCCCCCCCC)(COCC)Oc1ccccc1)OC(CCCCCCCCC)(COCC)Oc1ccccc1. The normalized spacial score (nSPS) is 14.8. The van der Waals surface area contributed by atoms with Gasteiger partial charge in [-0.2, -0.15) is 0 Å². The maximum atomic E-state index is 7.48. The zero-order valence-corrected chi connectivity index (χ0v) is 43.9. The first kappa shape index (κ1) is 58.6. The lowest BCUT2D eigenvalue weighted by Gasteiger charge is -2.43. The topological polar surface area (TPSA) is 83.1 Å². The van der Waals surface area contributed by atoms with E-state index in [0.29, 0.717) is 56.3 Å². The molecular weight excluding hydrogens is 860 g/mol. The molecule has 0 heterocycles. The quantitative estimate of drug-likeness (QED) is 0.0312. The van der Waals surface area contributed by atoms with Gasteiger partial charge < -0.3 is 28.4 Å². The van der Waals surface area contributed by atoms with E-state index in [2.05, 4.69) is 20.8 Å². The molecule has 3 aromatic rings. The van der Waals surface area contributed by atoms with Gasteiger partial charge in [-0.05, 0) is 76.4 Å². The van der Waals surface area contributed by atoms with Crippen LogP contribution >= 0.6 is 8.60 Å². The highest BCUT2D eigenvalue weighted by Crippen LogP contribution is 2.54. The summed E-state index contributed by atoms with van der Waals surface area (Å²) in [5, 5.41) is 0. The Morgan fingerprint density at radius 3 is 0.791 bits per heavy atom. The van der Waals surface area contributed by atoms with Gasteiger partial charge in [0, 0.05) is 39.1 Å². The van der Waals surface area contributed by atoms with Crippen molar-refractivity contribution in [2.75, 3.05) is 39.6 Å². The Hall–Kier alpha value is -2.75. The van der Waals surface area contributed by atoms with Crippen molar-refractivity contribution in [3.05, 3.63) is 91.0 Å². The van der Waals surface area contributed by atoms with Crippen molar-refractivity contribution >= 4 is 8.60 Å². The van der Waals surface area contributed by atoms with E-state index in [1.165, 1.54) is 77.0 Å². The standard InChI is InChI=1S/C57H93O9P/c1-7-13-16-19-22-25-37-46-55(49-58-10-4,61-52-40-31-28-32-41-52)64-67(65-56(50-59-11-5,62-53-42-33-29-34-43-53)47-38-26-23-20-17-14-8-2)66-57(51-60-12-6,63-54-44-35-30-36-45-54)48-39-27-24-21-18-15-9-3/h28-36,40-45H,7-27,37-39,46-51H2,1-6H3. The maximum Gasteiger partial charge on any atom is 0.343 e. The molecule has 0 saturated carbocycles. The van der Waals surface area contributed by atoms with Crippen LogP contribution < -0.4 is 14.2 Å². The second kappa shape index (κ2) is 37.1. The van der Waals surface area contributed by atoms with E-state index in [4.69, 9.17) is 42.0 Å². The zero-order valence-electron chi connectivity index (χ0n) is 43.0. The summed E-state index contributed by atoms with van der Waals surface area (Å²) in [5.74, 6) is -1.85. The van der Waals surface area contributed by atoms with Crippen LogP contribution in [0.1, 0.15) is 196 Å². The molecule has 3 unspecified atom stereocenters. The Labute approximate surface area is 410 Å². The Balaban J connectivity index is 2.23. The summed E-state index contributed by atoms with van der Waals surface area (Å²) in [6, 6.07) is 29.7. The monoisotopic (exact) mass is 953 g/mol. The van der Waals surface area contributed by atoms with Gasteiger partial charge in [-0.1, -0.05) is 191 Å². The van der Waals surface area contributed by atoms with Crippen LogP contribution in [0.4, 0.5) is 0 Å². The molecule has 67 heavy (non-hydrogen) atoms. The van der Waals surface area contributed by atoms with Crippen molar-refractivity contribution in [1.82, 2.24) is 0 Å². The first-order chi connectivity index (χ1) is 32.9. The van der Waals surface area contributed by atoms with Gasteiger partial charge in [0.2, 0.25) is 17.4 Å². The van der Waals surface area contributed by atoms with E-state index in [0.717, 1.165) is 57.8 Å². The fourth-order valence-electron chi connectivity index (χ4n) is 8.13. The second-order valence-corrected chi connectivity index (χ2v) is 19.0. The number of hydrogen-bond acceptors (Lipinski definition) is 9. The van der Waals surface area contributed by atoms with Crippen molar-refractivity contribution in [2.24, 2.45) is 0 Å². The Morgan fingerprint density at radius 1 is 0.313 bits per heavy atom. The molecule has 380 valence electrons. The molecule has 3 aromatic carbocycles. The molecule has 0 aliphatic heterocycles. The predicted molar refractivity (Wildman–Crippen MR) is 277 cm³/mol. The summed E-state index contributed by atoms with van der Waals surface area (Å²) >= 11 is 0. The van der Waals surface area contributed by atoms with Gasteiger partial charge in [0.05, 0.1) is 0 Å². The molecular formula is C57H93O9P. The molecule has 0 spiro atoms. The summed E-state index contributed by atoms with van der Waals surface area (Å²) in [6.07, 6.45) is 25.5. The first-order valence-corrected chi connectivity index (χ1v) is 27.8. The average molecular weight is 953 g/mol. The zero-order chi connectivity index (χ0) is 48.0. The number of hydrogen-bond donors (Lipinski definition) is 0. The van der Waals surface area contributed by atoms with Crippen LogP contribution in [0.3, 0.4) is 0 Å². The van der Waals surface area contributed by atoms with Gasteiger partial charge >= 0.3 is 8.60 Å². The number of unbranched alkanes of at least 4 members (excludes halogenated alkanes) is 18. The Kier molecular flexibility index (Phi) is 32.5. The highest BCUT2D eigenvalue weighted by atomic mass is 31.2. The van der Waals surface area contributed by atoms with Gasteiger partial charge in [0.1, 0.15) is 37.1 Å². The summed E-state index contributed by atoms with van der Waals surface area (Å²) in [6.45, 7) is 14.7. The van der Waals surface area contributed by atoms with Gasteiger partial charge in [-0.15, -0.1) is 0 Å². The summed E-state index contributed by atoms with van der Waals surface area (Å²) < 4.78 is 62.7. The third kappa shape index (κ3) is 25.6. The van der Waals surface area contributed by atoms with Gasteiger partial charge in [-0.3, -0.25) is 13.6 Å². The Bertz CT molecular complexity index is 1370. The molecule has 0 radical (unpaired) electrons. The van der Waals surface area contributed by atoms with Crippen molar-refractivity contribution in [1.29, 1.82) is 0 Å². The second-order valence-electron chi connectivity index (χ2n) is 18.0. The number of ether oxygens (including phenoxy) is 6. The van der Waals surface area contributed by atoms with Gasteiger partial charge in [0.25, 0.3) is 0 Å². The largest absolute Gasteiger partial charge is 0.459 e. The first-order valence-electron chi connectivity index (χ1n) is 26.7. The summed E-state index contributed by atoms with van der Waals surface area (Å²) in [4.78, 5) is 0. The van der Waals surface area contributed by atoms with Crippen molar-refractivity contribution in [3.63, 3.8) is 0 Å². The molecule has 0 saturated heterocycles. The minimum absolute atomic E-state index is 0.158. The van der Waals surface area contributed by atoms with Crippen LogP contribution in [0.15, 0.2) is 91.0 Å².